The van der Waals surface area contributed by atoms with E-state index in [1.807, 2.05) is 0 Å². The molecule has 1 aliphatic rings. The Morgan fingerprint density at radius 2 is 1.91 bits per heavy atom. The quantitative estimate of drug-likeness (QED) is 0.576. The number of carbonyl (C=O) groups is 2. The summed E-state index contributed by atoms with van der Waals surface area (Å²) in [6.45, 7) is 1.65. The molecule has 35 heavy (non-hydrogen) atoms. The lowest BCUT2D eigenvalue weighted by Gasteiger charge is -2.34. The second-order valence-corrected chi connectivity index (χ2v) is 7.78. The number of hydrogen-bond donors (Lipinski definition) is 2. The predicted octanol–water partition coefficient (Wildman–Crippen LogP) is 4.41. The van der Waals surface area contributed by atoms with E-state index in [2.05, 4.69) is 20.4 Å². The molecule has 15 heteroatoms. The van der Waals surface area contributed by atoms with Gasteiger partial charge in [-0.15, -0.1) is 13.2 Å². The summed E-state index contributed by atoms with van der Waals surface area (Å²) >= 11 is 5.72. The van der Waals surface area contributed by atoms with Crippen molar-refractivity contribution in [2.45, 2.75) is 31.5 Å². The van der Waals surface area contributed by atoms with Gasteiger partial charge in [0.1, 0.15) is 6.04 Å². The number of amides is 3. The fourth-order valence-electron chi connectivity index (χ4n) is 3.35. The largest absolute Gasteiger partial charge is 0.573 e. The van der Waals surface area contributed by atoms with Crippen molar-refractivity contribution in [1.82, 2.24) is 20.5 Å². The summed E-state index contributed by atoms with van der Waals surface area (Å²) in [5.41, 5.74) is -1.69. The Kier molecular flexibility index (Phi) is 7.34. The molecule has 3 amide bonds. The van der Waals surface area contributed by atoms with Crippen LogP contribution in [0.3, 0.4) is 0 Å². The average molecular weight is 529 g/mol. The monoisotopic (exact) mass is 528 g/mol. The highest BCUT2D eigenvalue weighted by atomic mass is 35.5. The molecule has 3 rings (SSSR count). The van der Waals surface area contributed by atoms with Crippen molar-refractivity contribution in [3.8, 4) is 5.75 Å². The third-order valence-electron chi connectivity index (χ3n) is 5.01. The summed E-state index contributed by atoms with van der Waals surface area (Å²) in [5, 5.41) is 4.17. The van der Waals surface area contributed by atoms with Gasteiger partial charge in [-0.1, -0.05) is 17.7 Å². The lowest BCUT2D eigenvalue weighted by molar-refractivity contribution is -0.275. The van der Waals surface area contributed by atoms with Crippen molar-refractivity contribution in [3.63, 3.8) is 0 Å². The van der Waals surface area contributed by atoms with E-state index in [1.54, 1.807) is 0 Å². The predicted molar refractivity (Wildman–Crippen MR) is 107 cm³/mol. The van der Waals surface area contributed by atoms with Crippen LogP contribution in [0.5, 0.6) is 5.75 Å². The third kappa shape index (κ3) is 6.24. The number of alkyl halides is 6. The molecule has 190 valence electrons. The van der Waals surface area contributed by atoms with Crippen LogP contribution >= 0.6 is 11.6 Å². The number of pyridine rings is 1. The number of nitrogens with zero attached hydrogens (tertiary/aromatic N) is 2. The van der Waals surface area contributed by atoms with Crippen molar-refractivity contribution in [1.29, 1.82) is 0 Å². The zero-order chi connectivity index (χ0) is 26.1. The van der Waals surface area contributed by atoms with Crippen molar-refractivity contribution >= 4 is 23.5 Å². The summed E-state index contributed by atoms with van der Waals surface area (Å²) in [7, 11) is 0. The Morgan fingerprint density at radius 1 is 1.23 bits per heavy atom. The van der Waals surface area contributed by atoms with Crippen molar-refractivity contribution < 1.29 is 45.1 Å². The average Bonchev–Trinajstić information content (AvgIpc) is 2.73. The van der Waals surface area contributed by atoms with Crippen LogP contribution in [0.15, 0.2) is 30.5 Å². The standard InChI is InChI=1S/C20H16ClF7N4O3/c1-9-17(33)29-4-5-32(9)18(34)31-15(11-6-12(21)16(30-8-11)19(23,24)25)10-2-3-14(13(22)7-10)35-20(26,27)28/h2-3,6-9,15H,4-5H2,1H3,(H,29,33)(H,31,34)/t9-,15-/m1/s1. The molecule has 0 spiro atoms. The molecular weight excluding hydrogens is 513 g/mol. The molecule has 2 N–H and O–H groups in total. The van der Waals surface area contributed by atoms with Gasteiger partial charge in [0.25, 0.3) is 0 Å². The van der Waals surface area contributed by atoms with Gasteiger partial charge in [0.2, 0.25) is 5.91 Å². The van der Waals surface area contributed by atoms with Gasteiger partial charge in [-0.3, -0.25) is 4.79 Å². The topological polar surface area (TPSA) is 83.6 Å². The summed E-state index contributed by atoms with van der Waals surface area (Å²) in [6, 6.07) is -0.0688. The second kappa shape index (κ2) is 9.76. The second-order valence-electron chi connectivity index (χ2n) is 7.38. The molecule has 7 nitrogen and oxygen atoms in total. The van der Waals surface area contributed by atoms with Crippen molar-refractivity contribution in [3.05, 3.63) is 58.1 Å². The first-order valence-corrected chi connectivity index (χ1v) is 10.2. The number of urea groups is 1. The molecule has 1 aliphatic heterocycles. The van der Waals surface area contributed by atoms with Crippen LogP contribution in [-0.2, 0) is 11.0 Å². The zero-order valence-electron chi connectivity index (χ0n) is 17.6. The first-order valence-electron chi connectivity index (χ1n) is 9.80. The summed E-state index contributed by atoms with van der Waals surface area (Å²) in [5.74, 6) is -3.06. The minimum atomic E-state index is -5.17. The number of hydrogen-bond acceptors (Lipinski definition) is 4. The van der Waals surface area contributed by atoms with E-state index in [0.29, 0.717) is 12.1 Å². The van der Waals surface area contributed by atoms with E-state index in [0.717, 1.165) is 23.2 Å². The van der Waals surface area contributed by atoms with Gasteiger partial charge in [-0.05, 0) is 36.2 Å². The molecule has 0 aliphatic carbocycles. The number of rotatable bonds is 4. The molecule has 1 aromatic carbocycles. The number of piperazine rings is 1. The molecule has 1 saturated heterocycles. The van der Waals surface area contributed by atoms with Gasteiger partial charge in [-0.25, -0.2) is 14.2 Å². The van der Waals surface area contributed by atoms with E-state index in [9.17, 15) is 40.3 Å². The number of benzene rings is 1. The number of halogens is 8. The van der Waals surface area contributed by atoms with Crippen LogP contribution in [-0.4, -0.2) is 47.3 Å². The first kappa shape index (κ1) is 26.3. The maximum absolute atomic E-state index is 14.4. The van der Waals surface area contributed by atoms with Gasteiger partial charge < -0.3 is 20.3 Å². The van der Waals surface area contributed by atoms with Gasteiger partial charge in [0.15, 0.2) is 17.3 Å². The fourth-order valence-corrected chi connectivity index (χ4v) is 3.63. The smallest absolute Gasteiger partial charge is 0.403 e. The van der Waals surface area contributed by atoms with Crippen LogP contribution in [0.2, 0.25) is 5.02 Å². The van der Waals surface area contributed by atoms with Crippen molar-refractivity contribution in [2.24, 2.45) is 0 Å². The van der Waals surface area contributed by atoms with Gasteiger partial charge in [0, 0.05) is 19.3 Å². The molecule has 2 heterocycles. The highest BCUT2D eigenvalue weighted by molar-refractivity contribution is 6.31. The molecule has 0 unspecified atom stereocenters. The Bertz CT molecular complexity index is 1130. The maximum atomic E-state index is 14.4. The molecule has 0 bridgehead atoms. The maximum Gasteiger partial charge on any atom is 0.573 e. The minimum Gasteiger partial charge on any atom is -0.403 e. The number of ether oxygens (including phenoxy) is 1. The summed E-state index contributed by atoms with van der Waals surface area (Å²) in [4.78, 5) is 29.2. The molecule has 0 saturated carbocycles. The molecule has 2 atom stereocenters. The Labute approximate surface area is 198 Å². The van der Waals surface area contributed by atoms with E-state index in [1.165, 1.54) is 6.92 Å². The lowest BCUT2D eigenvalue weighted by atomic mass is 9.99. The van der Waals surface area contributed by atoms with Gasteiger partial charge in [-0.2, -0.15) is 13.2 Å². The normalized spacial score (nSPS) is 17.6. The fraction of sp³-hybridized carbons (Fsp3) is 0.350. The van der Waals surface area contributed by atoms with Gasteiger partial charge in [0.05, 0.1) is 11.1 Å². The molecule has 1 aromatic heterocycles. The van der Waals surface area contributed by atoms with Crippen LogP contribution in [0.4, 0.5) is 35.5 Å². The Balaban J connectivity index is 2.01. The highest BCUT2D eigenvalue weighted by Gasteiger charge is 2.37. The van der Waals surface area contributed by atoms with Crippen LogP contribution in [0.1, 0.15) is 29.8 Å². The minimum absolute atomic E-state index is 0.0875. The van der Waals surface area contributed by atoms with Crippen LogP contribution in [0, 0.1) is 5.82 Å². The van der Waals surface area contributed by atoms with Crippen LogP contribution < -0.4 is 15.4 Å². The van der Waals surface area contributed by atoms with Gasteiger partial charge >= 0.3 is 18.6 Å². The van der Waals surface area contributed by atoms with E-state index >= 15 is 0 Å². The SMILES string of the molecule is C[C@@H]1C(=O)NCCN1C(=O)N[C@H](c1ccc(OC(F)(F)F)c(F)c1)c1cnc(C(F)(F)F)c(Cl)c1. The van der Waals surface area contributed by atoms with Crippen LogP contribution in [0.25, 0.3) is 0 Å². The number of carbonyl (C=O) groups excluding carboxylic acids is 2. The first-order chi connectivity index (χ1) is 16.2. The molecule has 1 fully saturated rings. The van der Waals surface area contributed by atoms with Crippen molar-refractivity contribution in [2.75, 3.05) is 13.1 Å². The third-order valence-corrected chi connectivity index (χ3v) is 5.29. The zero-order valence-corrected chi connectivity index (χ0v) is 18.4. The summed E-state index contributed by atoms with van der Waals surface area (Å²) in [6.07, 6.45) is -9.32. The Hall–Kier alpha value is -3.29. The number of aromatic nitrogens is 1. The molecular formula is C20H16ClF7N4O3. The summed E-state index contributed by atoms with van der Waals surface area (Å²) < 4.78 is 94.5. The van der Waals surface area contributed by atoms with E-state index < -0.39 is 58.8 Å². The lowest BCUT2D eigenvalue weighted by Crippen LogP contribution is -2.58. The molecule has 0 radical (unpaired) electrons. The Morgan fingerprint density at radius 3 is 2.49 bits per heavy atom. The molecule has 2 aromatic rings. The number of nitrogens with one attached hydrogen (secondary N) is 2. The van der Waals surface area contributed by atoms with E-state index in [4.69, 9.17) is 11.6 Å². The highest BCUT2D eigenvalue weighted by Crippen LogP contribution is 2.36. The van der Waals surface area contributed by atoms with E-state index in [-0.39, 0.29) is 24.2 Å².